The van der Waals surface area contributed by atoms with Crippen molar-refractivity contribution in [2.75, 3.05) is 24.9 Å². The molecule has 0 saturated carbocycles. The van der Waals surface area contributed by atoms with Gasteiger partial charge in [0.25, 0.3) is 0 Å². The minimum absolute atomic E-state index is 0.233. The second kappa shape index (κ2) is 6.76. The van der Waals surface area contributed by atoms with E-state index in [9.17, 15) is 4.79 Å². The van der Waals surface area contributed by atoms with Crippen molar-refractivity contribution in [3.8, 4) is 22.8 Å². The number of carbonyl (C=O) groups is 1. The van der Waals surface area contributed by atoms with Crippen LogP contribution >= 0.6 is 11.8 Å². The van der Waals surface area contributed by atoms with Gasteiger partial charge in [0, 0.05) is 11.5 Å². The fourth-order valence-electron chi connectivity index (χ4n) is 2.84. The van der Waals surface area contributed by atoms with E-state index in [4.69, 9.17) is 14.2 Å². The molecule has 1 fully saturated rings. The van der Waals surface area contributed by atoms with E-state index < -0.39 is 0 Å². The number of hydrogen-bond acceptors (Lipinski definition) is 6. The molecule has 6 nitrogen and oxygen atoms in total. The highest BCUT2D eigenvalue weighted by Crippen LogP contribution is 2.35. The third kappa shape index (κ3) is 3.21. The van der Waals surface area contributed by atoms with E-state index in [0.717, 1.165) is 23.5 Å². The van der Waals surface area contributed by atoms with Crippen molar-refractivity contribution in [2.24, 2.45) is 5.92 Å². The van der Waals surface area contributed by atoms with Gasteiger partial charge in [-0.1, -0.05) is 0 Å². The zero-order chi connectivity index (χ0) is 16.4. The first kappa shape index (κ1) is 15.4. The van der Waals surface area contributed by atoms with Crippen molar-refractivity contribution in [3.63, 3.8) is 0 Å². The summed E-state index contributed by atoms with van der Waals surface area (Å²) in [6.45, 7) is 0.709. The van der Waals surface area contributed by atoms with E-state index in [1.54, 1.807) is 6.07 Å². The maximum Gasteiger partial charge on any atom is 0.356 e. The molecule has 126 valence electrons. The Hall–Kier alpha value is -2.15. The summed E-state index contributed by atoms with van der Waals surface area (Å²) < 4.78 is 16.1. The van der Waals surface area contributed by atoms with Crippen LogP contribution in [0.2, 0.25) is 0 Å². The van der Waals surface area contributed by atoms with Crippen LogP contribution in [0.3, 0.4) is 0 Å². The lowest BCUT2D eigenvalue weighted by Gasteiger charge is -2.20. The maximum atomic E-state index is 12.2. The molecule has 0 radical (unpaired) electrons. The summed E-state index contributed by atoms with van der Waals surface area (Å²) in [5, 5.41) is 6.96. The van der Waals surface area contributed by atoms with Crippen LogP contribution in [0, 0.1) is 5.92 Å². The van der Waals surface area contributed by atoms with Gasteiger partial charge >= 0.3 is 5.97 Å². The molecule has 0 aliphatic carbocycles. The molecule has 2 aliphatic heterocycles. The Kier molecular flexibility index (Phi) is 4.34. The molecule has 7 heteroatoms. The minimum atomic E-state index is -0.356. The lowest BCUT2D eigenvalue weighted by atomic mass is 10.1. The lowest BCUT2D eigenvalue weighted by molar-refractivity contribution is 0.0438. The van der Waals surface area contributed by atoms with E-state index in [1.165, 1.54) is 12.2 Å². The van der Waals surface area contributed by atoms with Gasteiger partial charge in [0.1, 0.15) is 5.69 Å². The number of aromatic nitrogens is 2. The third-order valence-electron chi connectivity index (χ3n) is 4.17. The fourth-order valence-corrected chi connectivity index (χ4v) is 3.97. The molecule has 24 heavy (non-hydrogen) atoms. The van der Waals surface area contributed by atoms with E-state index in [-0.39, 0.29) is 12.8 Å². The molecule has 0 amide bonds. The molecule has 0 bridgehead atoms. The molecule has 2 aliphatic rings. The number of nitrogens with one attached hydrogen (secondary N) is 1. The highest BCUT2D eigenvalue weighted by Gasteiger charge is 2.19. The predicted molar refractivity (Wildman–Crippen MR) is 90.5 cm³/mol. The molecule has 1 atom stereocenters. The maximum absolute atomic E-state index is 12.2. The van der Waals surface area contributed by atoms with Crippen molar-refractivity contribution >= 4 is 17.7 Å². The summed E-state index contributed by atoms with van der Waals surface area (Å²) >= 11 is 1.93. The minimum Gasteiger partial charge on any atom is -0.461 e. The lowest BCUT2D eigenvalue weighted by Crippen LogP contribution is -2.19. The summed E-state index contributed by atoms with van der Waals surface area (Å²) in [6.07, 6.45) is 2.33. The highest BCUT2D eigenvalue weighted by molar-refractivity contribution is 7.99. The van der Waals surface area contributed by atoms with Gasteiger partial charge in [-0.05, 0) is 48.6 Å². The average molecular weight is 346 g/mol. The molecule has 1 unspecified atom stereocenters. The van der Waals surface area contributed by atoms with E-state index in [0.29, 0.717) is 29.7 Å². The Morgan fingerprint density at radius 1 is 1.33 bits per heavy atom. The molecule has 3 heterocycles. The van der Waals surface area contributed by atoms with Crippen molar-refractivity contribution in [1.82, 2.24) is 10.2 Å². The van der Waals surface area contributed by atoms with Crippen molar-refractivity contribution in [2.45, 2.75) is 12.8 Å². The quantitative estimate of drug-likeness (QED) is 0.858. The van der Waals surface area contributed by atoms with Crippen molar-refractivity contribution in [1.29, 1.82) is 0 Å². The Balaban J connectivity index is 1.41. The van der Waals surface area contributed by atoms with Gasteiger partial charge in [0.15, 0.2) is 11.5 Å². The van der Waals surface area contributed by atoms with Crippen molar-refractivity contribution < 1.29 is 19.0 Å². The topological polar surface area (TPSA) is 73.4 Å². The van der Waals surface area contributed by atoms with Gasteiger partial charge < -0.3 is 14.2 Å². The van der Waals surface area contributed by atoms with Crippen LogP contribution in [0.1, 0.15) is 23.3 Å². The Labute approximate surface area is 143 Å². The monoisotopic (exact) mass is 346 g/mol. The number of aromatic amines is 1. The predicted octanol–water partition coefficient (Wildman–Crippen LogP) is 3.11. The van der Waals surface area contributed by atoms with Gasteiger partial charge in [0.05, 0.1) is 12.3 Å². The van der Waals surface area contributed by atoms with E-state index in [1.807, 2.05) is 30.0 Å². The molecule has 2 aromatic rings. The summed E-state index contributed by atoms with van der Waals surface area (Å²) in [6, 6.07) is 7.28. The van der Waals surface area contributed by atoms with E-state index >= 15 is 0 Å². The number of hydrogen-bond donors (Lipinski definition) is 1. The summed E-state index contributed by atoms with van der Waals surface area (Å²) in [4.78, 5) is 12.2. The van der Waals surface area contributed by atoms with Crippen LogP contribution in [0.5, 0.6) is 11.5 Å². The Morgan fingerprint density at radius 3 is 3.12 bits per heavy atom. The third-order valence-corrected chi connectivity index (χ3v) is 5.46. The summed E-state index contributed by atoms with van der Waals surface area (Å²) in [7, 11) is 0. The first-order valence-electron chi connectivity index (χ1n) is 8.00. The second-order valence-electron chi connectivity index (χ2n) is 5.92. The van der Waals surface area contributed by atoms with Gasteiger partial charge in [-0.3, -0.25) is 5.10 Å². The fraction of sp³-hybridized carbons (Fsp3) is 0.412. The van der Waals surface area contributed by atoms with Gasteiger partial charge in [0.2, 0.25) is 6.79 Å². The standard InChI is InChI=1S/C17H18N2O4S/c20-17(21-8-11-2-1-5-24-9-11)14-7-13(18-19-14)12-3-4-15-16(6-12)23-10-22-15/h3-4,6-7,11H,1-2,5,8-10H2,(H,18,19). The first-order valence-corrected chi connectivity index (χ1v) is 9.15. The van der Waals surface area contributed by atoms with Crippen LogP contribution in [-0.2, 0) is 4.74 Å². The normalized spacial score (nSPS) is 19.2. The van der Waals surface area contributed by atoms with Gasteiger partial charge in [-0.25, -0.2) is 4.79 Å². The van der Waals surface area contributed by atoms with Crippen LogP contribution in [-0.4, -0.2) is 41.1 Å². The summed E-state index contributed by atoms with van der Waals surface area (Å²) in [5.74, 6) is 3.80. The van der Waals surface area contributed by atoms with E-state index in [2.05, 4.69) is 10.2 Å². The van der Waals surface area contributed by atoms with Crippen LogP contribution in [0.15, 0.2) is 24.3 Å². The number of H-pyrrole nitrogens is 1. The average Bonchev–Trinajstić information content (AvgIpc) is 3.29. The zero-order valence-corrected chi connectivity index (χ0v) is 13.9. The highest BCUT2D eigenvalue weighted by atomic mass is 32.2. The number of nitrogens with zero attached hydrogens (tertiary/aromatic N) is 1. The van der Waals surface area contributed by atoms with Crippen LogP contribution in [0.25, 0.3) is 11.3 Å². The molecule has 1 aromatic carbocycles. The van der Waals surface area contributed by atoms with Crippen molar-refractivity contribution in [3.05, 3.63) is 30.0 Å². The second-order valence-corrected chi connectivity index (χ2v) is 7.07. The molecule has 1 N–H and O–H groups in total. The SMILES string of the molecule is O=C(OCC1CCCSC1)c1cc(-c2ccc3c(c2)OCO3)n[nH]1. The summed E-state index contributed by atoms with van der Waals surface area (Å²) in [5.41, 5.74) is 1.90. The molecule has 1 saturated heterocycles. The van der Waals surface area contributed by atoms with Gasteiger partial charge in [-0.2, -0.15) is 16.9 Å². The number of carbonyl (C=O) groups excluding carboxylic acids is 1. The number of rotatable bonds is 4. The zero-order valence-electron chi connectivity index (χ0n) is 13.1. The molecular formula is C17H18N2O4S. The first-order chi connectivity index (χ1) is 11.8. The Morgan fingerprint density at radius 2 is 2.25 bits per heavy atom. The smallest absolute Gasteiger partial charge is 0.356 e. The number of esters is 1. The molecule has 0 spiro atoms. The number of fused-ring (bicyclic) bond motifs is 1. The molecule has 4 rings (SSSR count). The number of ether oxygens (including phenoxy) is 3. The van der Waals surface area contributed by atoms with Crippen LogP contribution in [0.4, 0.5) is 0 Å². The number of thioether (sulfide) groups is 1. The van der Waals surface area contributed by atoms with Crippen LogP contribution < -0.4 is 9.47 Å². The molecular weight excluding hydrogens is 328 g/mol. The number of benzene rings is 1. The van der Waals surface area contributed by atoms with Gasteiger partial charge in [-0.15, -0.1) is 0 Å². The Bertz CT molecular complexity index is 740. The largest absolute Gasteiger partial charge is 0.461 e. The molecule has 1 aromatic heterocycles.